The molecule has 2 N–H and O–H groups in total. The van der Waals surface area contributed by atoms with Gasteiger partial charge >= 0.3 is 5.69 Å². The van der Waals surface area contributed by atoms with Crippen LogP contribution >= 0.6 is 0 Å². The zero-order valence-corrected chi connectivity index (χ0v) is 15.8. The Bertz CT molecular complexity index is 1240. The van der Waals surface area contributed by atoms with Crippen molar-refractivity contribution in [3.05, 3.63) is 86.1 Å². The van der Waals surface area contributed by atoms with E-state index in [0.29, 0.717) is 5.69 Å². The first-order chi connectivity index (χ1) is 13.8. The number of aryl methyl sites for hydroxylation is 1. The summed E-state index contributed by atoms with van der Waals surface area (Å²) in [5, 5.41) is 21.9. The maximum Gasteiger partial charge on any atom is 0.335 e. The molecular formula is C21H18N3O5-. The van der Waals surface area contributed by atoms with Gasteiger partial charge in [-0.05, 0) is 42.7 Å². The molecule has 1 aromatic heterocycles. The maximum atomic E-state index is 12.5. The first-order valence-electron chi connectivity index (χ1n) is 8.87. The molecule has 0 aliphatic heterocycles. The number of carboxylic acids is 1. The first-order valence-corrected chi connectivity index (χ1v) is 8.87. The Hall–Kier alpha value is -3.94. The molecule has 29 heavy (non-hydrogen) atoms. The molecule has 0 amide bonds. The van der Waals surface area contributed by atoms with Crippen LogP contribution in [0.3, 0.4) is 0 Å². The molecule has 0 fully saturated rings. The van der Waals surface area contributed by atoms with Crippen LogP contribution in [0.2, 0.25) is 0 Å². The number of nitrogens with zero attached hydrogens (tertiary/aromatic N) is 2. The normalized spacial score (nSPS) is 11.4. The number of hydrogen-bond donors (Lipinski definition) is 2. The number of carbonyl (C=O) groups is 1. The van der Waals surface area contributed by atoms with Gasteiger partial charge in [0.15, 0.2) is 0 Å². The highest BCUT2D eigenvalue weighted by Crippen LogP contribution is 2.23. The third-order valence-electron chi connectivity index (χ3n) is 4.41. The van der Waals surface area contributed by atoms with E-state index in [1.54, 1.807) is 44.2 Å². The zero-order chi connectivity index (χ0) is 21.1. The summed E-state index contributed by atoms with van der Waals surface area (Å²) in [6.45, 7) is 3.50. The van der Waals surface area contributed by atoms with E-state index in [0.717, 1.165) is 10.1 Å². The molecule has 0 spiro atoms. The number of H-pyrrole nitrogens is 1. The van der Waals surface area contributed by atoms with Gasteiger partial charge in [-0.15, -0.1) is 0 Å². The summed E-state index contributed by atoms with van der Waals surface area (Å²) in [5.41, 5.74) is -0.174. The number of benzene rings is 2. The highest BCUT2D eigenvalue weighted by molar-refractivity contribution is 6.03. The average molecular weight is 392 g/mol. The smallest absolute Gasteiger partial charge is 0.335 e. The molecule has 3 aromatic rings. The van der Waals surface area contributed by atoms with E-state index >= 15 is 0 Å². The Morgan fingerprint density at radius 2 is 1.90 bits per heavy atom. The molecule has 0 aliphatic rings. The molecular weight excluding hydrogens is 374 g/mol. The van der Waals surface area contributed by atoms with E-state index in [2.05, 4.69) is 9.98 Å². The molecule has 1 heterocycles. The number of aromatic carboxylic acids is 1. The Morgan fingerprint density at radius 1 is 1.17 bits per heavy atom. The van der Waals surface area contributed by atoms with Gasteiger partial charge in [0.05, 0.1) is 23.1 Å². The Balaban J connectivity index is 2.24. The maximum absolute atomic E-state index is 12.5. The van der Waals surface area contributed by atoms with Crippen LogP contribution in [-0.4, -0.2) is 26.3 Å². The van der Waals surface area contributed by atoms with Gasteiger partial charge in [0, 0.05) is 0 Å². The Kier molecular flexibility index (Phi) is 5.45. The lowest BCUT2D eigenvalue weighted by molar-refractivity contribution is -0.255. The quantitative estimate of drug-likeness (QED) is 0.635. The molecule has 148 valence electrons. The van der Waals surface area contributed by atoms with Crippen molar-refractivity contribution in [2.45, 2.75) is 20.3 Å². The number of rotatable bonds is 5. The summed E-state index contributed by atoms with van der Waals surface area (Å²) in [7, 11) is 0. The third-order valence-corrected chi connectivity index (χ3v) is 4.41. The predicted molar refractivity (Wildman–Crippen MR) is 106 cm³/mol. The van der Waals surface area contributed by atoms with E-state index in [9.17, 15) is 24.6 Å². The summed E-state index contributed by atoms with van der Waals surface area (Å²) in [5.74, 6) is -1.89. The van der Waals surface area contributed by atoms with Gasteiger partial charge in [0.25, 0.3) is 5.56 Å². The molecule has 0 aliphatic carbocycles. The molecule has 0 bridgehead atoms. The van der Waals surface area contributed by atoms with E-state index in [1.165, 1.54) is 18.2 Å². The van der Waals surface area contributed by atoms with E-state index in [-0.39, 0.29) is 28.9 Å². The summed E-state index contributed by atoms with van der Waals surface area (Å²) < 4.78 is 1.01. The van der Waals surface area contributed by atoms with Crippen LogP contribution in [0.15, 0.2) is 63.1 Å². The van der Waals surface area contributed by atoms with Crippen LogP contribution in [0, 0.1) is 6.92 Å². The molecule has 0 radical (unpaired) electrons. The van der Waals surface area contributed by atoms with Gasteiger partial charge < -0.3 is 15.0 Å². The van der Waals surface area contributed by atoms with Crippen molar-refractivity contribution in [3.8, 4) is 11.6 Å². The lowest BCUT2D eigenvalue weighted by Crippen LogP contribution is -2.33. The molecule has 0 saturated carbocycles. The molecule has 3 rings (SSSR count). The summed E-state index contributed by atoms with van der Waals surface area (Å²) >= 11 is 0. The first kappa shape index (κ1) is 19.8. The number of nitrogens with one attached hydrogen (secondary N) is 1. The fourth-order valence-corrected chi connectivity index (χ4v) is 2.99. The van der Waals surface area contributed by atoms with Crippen LogP contribution in [0.5, 0.6) is 5.88 Å². The number of para-hydroxylation sites is 1. The fraction of sp³-hybridized carbons (Fsp3) is 0.143. The SMILES string of the molecule is CCC(=Nc1cccc(C(=O)[O-])c1)c1c(O)n(-c2ccccc2C)c(=O)[nH]c1=O. The number of aliphatic imine (C=N–C) groups is 1. The minimum absolute atomic E-state index is 0.0651. The summed E-state index contributed by atoms with van der Waals surface area (Å²) in [6, 6.07) is 12.6. The van der Waals surface area contributed by atoms with Crippen molar-refractivity contribution in [3.63, 3.8) is 0 Å². The molecule has 0 atom stereocenters. The van der Waals surface area contributed by atoms with Crippen molar-refractivity contribution >= 4 is 17.4 Å². The van der Waals surface area contributed by atoms with E-state index in [1.807, 2.05) is 0 Å². The number of carbonyl (C=O) groups excluding carboxylic acids is 1. The third kappa shape index (κ3) is 3.86. The zero-order valence-electron chi connectivity index (χ0n) is 15.8. The van der Waals surface area contributed by atoms with Crippen molar-refractivity contribution in [1.82, 2.24) is 9.55 Å². The predicted octanol–water partition coefficient (Wildman–Crippen LogP) is 1.43. The van der Waals surface area contributed by atoms with Crippen molar-refractivity contribution in [2.75, 3.05) is 0 Å². The monoisotopic (exact) mass is 392 g/mol. The minimum atomic E-state index is -1.35. The fourth-order valence-electron chi connectivity index (χ4n) is 2.99. The van der Waals surface area contributed by atoms with Gasteiger partial charge in [0.1, 0.15) is 5.56 Å². The lowest BCUT2D eigenvalue weighted by atomic mass is 10.1. The largest absolute Gasteiger partial charge is 0.545 e. The molecule has 0 saturated heterocycles. The number of aromatic hydroxyl groups is 1. The highest BCUT2D eigenvalue weighted by atomic mass is 16.4. The number of carboxylic acid groups (broad SMARTS) is 1. The highest BCUT2D eigenvalue weighted by Gasteiger charge is 2.20. The van der Waals surface area contributed by atoms with E-state index in [4.69, 9.17) is 0 Å². The molecule has 2 aromatic carbocycles. The van der Waals surface area contributed by atoms with Crippen LogP contribution in [0.25, 0.3) is 5.69 Å². The van der Waals surface area contributed by atoms with Crippen LogP contribution in [0.4, 0.5) is 5.69 Å². The summed E-state index contributed by atoms with van der Waals surface area (Å²) in [6.07, 6.45) is 0.248. The van der Waals surface area contributed by atoms with Crippen LogP contribution in [0.1, 0.15) is 34.8 Å². The molecule has 0 unspecified atom stereocenters. The topological polar surface area (TPSA) is 128 Å². The van der Waals surface area contributed by atoms with Gasteiger partial charge in [0.2, 0.25) is 5.88 Å². The van der Waals surface area contributed by atoms with Crippen molar-refractivity contribution in [1.29, 1.82) is 0 Å². The lowest BCUT2D eigenvalue weighted by Gasteiger charge is -2.14. The minimum Gasteiger partial charge on any atom is -0.545 e. The van der Waals surface area contributed by atoms with Gasteiger partial charge in [-0.1, -0.05) is 37.3 Å². The average Bonchev–Trinajstić information content (AvgIpc) is 2.68. The molecule has 8 nitrogen and oxygen atoms in total. The van der Waals surface area contributed by atoms with Crippen molar-refractivity contribution < 1.29 is 15.0 Å². The van der Waals surface area contributed by atoms with Gasteiger partial charge in [-0.3, -0.25) is 14.8 Å². The summed E-state index contributed by atoms with van der Waals surface area (Å²) in [4.78, 5) is 42.5. The van der Waals surface area contributed by atoms with E-state index < -0.39 is 23.1 Å². The second-order valence-electron chi connectivity index (χ2n) is 6.33. The molecule has 8 heteroatoms. The standard InChI is InChI=1S/C21H19N3O5/c1-3-15(22-14-9-6-8-13(11-14)20(27)28)17-18(25)23-21(29)24(19(17)26)16-10-5-4-7-12(16)2/h4-11,26H,3H2,1-2H3,(H,27,28)(H,23,25,29)/p-1. The second-order valence-corrected chi connectivity index (χ2v) is 6.33. The van der Waals surface area contributed by atoms with Gasteiger partial charge in [-0.2, -0.15) is 0 Å². The van der Waals surface area contributed by atoms with Gasteiger partial charge in [-0.25, -0.2) is 9.36 Å². The van der Waals surface area contributed by atoms with Crippen LogP contribution in [-0.2, 0) is 0 Å². The number of aromatic amines is 1. The number of aromatic nitrogens is 2. The number of hydrogen-bond acceptors (Lipinski definition) is 6. The Morgan fingerprint density at radius 3 is 2.55 bits per heavy atom. The van der Waals surface area contributed by atoms with Crippen LogP contribution < -0.4 is 16.4 Å². The second kappa shape index (κ2) is 7.97. The Labute approximate surface area is 165 Å². The van der Waals surface area contributed by atoms with Crippen molar-refractivity contribution in [2.24, 2.45) is 4.99 Å².